The Morgan fingerprint density at radius 1 is 1.55 bits per heavy atom. The van der Waals surface area contributed by atoms with Gasteiger partial charge in [0.1, 0.15) is 10.6 Å². The maximum absolute atomic E-state index is 14.0. The summed E-state index contributed by atoms with van der Waals surface area (Å²) in [5.74, 6) is -0.410. The maximum atomic E-state index is 14.0. The van der Waals surface area contributed by atoms with E-state index in [4.69, 9.17) is 0 Å². The minimum atomic E-state index is -1.28. The van der Waals surface area contributed by atoms with E-state index in [1.165, 1.54) is 6.20 Å². The molecule has 1 N–H and O–H groups in total. The highest BCUT2D eigenvalue weighted by atomic mass is 79.9. The van der Waals surface area contributed by atoms with Crippen LogP contribution in [0.15, 0.2) is 29.5 Å². The van der Waals surface area contributed by atoms with E-state index in [2.05, 4.69) is 32.2 Å². The number of halogens is 2. The van der Waals surface area contributed by atoms with Crippen molar-refractivity contribution in [1.29, 1.82) is 0 Å². The largest absolute Gasteiger partial charge is 0.598 e. The van der Waals surface area contributed by atoms with E-state index in [0.717, 1.165) is 0 Å². The Morgan fingerprint density at radius 2 is 2.20 bits per heavy atom. The summed E-state index contributed by atoms with van der Waals surface area (Å²) in [6.07, 6.45) is 5.80. The van der Waals surface area contributed by atoms with Gasteiger partial charge in [0.05, 0.1) is 12.2 Å². The molecule has 0 fully saturated rings. The lowest BCUT2D eigenvalue weighted by atomic mass is 10.0. The van der Waals surface area contributed by atoms with Gasteiger partial charge in [0.2, 0.25) is 0 Å². The second kappa shape index (κ2) is 7.54. The van der Waals surface area contributed by atoms with Crippen molar-refractivity contribution in [3.8, 4) is 0 Å². The average molecular weight is 363 g/mol. The molecular weight excluding hydrogens is 343 g/mol. The van der Waals surface area contributed by atoms with Gasteiger partial charge < -0.3 is 4.55 Å². The molecule has 0 aromatic carbocycles. The molecule has 0 saturated heterocycles. The Kier molecular flexibility index (Phi) is 6.64. The van der Waals surface area contributed by atoms with Crippen LogP contribution in [0.1, 0.15) is 45.2 Å². The Hall–Kier alpha value is -0.430. The third kappa shape index (κ3) is 4.84. The van der Waals surface area contributed by atoms with Gasteiger partial charge in [-0.2, -0.15) is 0 Å². The van der Waals surface area contributed by atoms with Crippen molar-refractivity contribution in [3.05, 3.63) is 40.9 Å². The van der Waals surface area contributed by atoms with E-state index >= 15 is 0 Å². The first kappa shape index (κ1) is 17.6. The minimum absolute atomic E-state index is 0.356. The SMILES string of the molecule is C=CCC[C@@H](N[S+]([O-])C(C)(C)C)c1c(F)cncc1Br. The van der Waals surface area contributed by atoms with Crippen molar-refractivity contribution in [2.75, 3.05) is 0 Å². The van der Waals surface area contributed by atoms with Crippen LogP contribution in [0, 0.1) is 5.82 Å². The molecule has 2 atom stereocenters. The van der Waals surface area contributed by atoms with E-state index < -0.39 is 21.9 Å². The number of nitrogens with zero attached hydrogens (tertiary/aromatic N) is 1. The molecule has 0 saturated carbocycles. The normalized spacial score (nSPS) is 14.9. The second-order valence-corrected chi connectivity index (χ2v) is 8.29. The fourth-order valence-corrected chi connectivity index (χ4v) is 3.04. The first-order chi connectivity index (χ1) is 9.27. The fraction of sp³-hybridized carbons (Fsp3) is 0.500. The van der Waals surface area contributed by atoms with Gasteiger partial charge in [0.15, 0.2) is 0 Å². The molecule has 6 heteroatoms. The van der Waals surface area contributed by atoms with Crippen molar-refractivity contribution in [1.82, 2.24) is 9.71 Å². The van der Waals surface area contributed by atoms with Gasteiger partial charge >= 0.3 is 0 Å². The number of pyridine rings is 1. The number of hydrogen-bond donors (Lipinski definition) is 1. The molecule has 0 spiro atoms. The van der Waals surface area contributed by atoms with Crippen LogP contribution in [0.4, 0.5) is 4.39 Å². The van der Waals surface area contributed by atoms with Crippen LogP contribution in [0.3, 0.4) is 0 Å². The Balaban J connectivity index is 3.03. The summed E-state index contributed by atoms with van der Waals surface area (Å²) >= 11 is 2.03. The molecule has 20 heavy (non-hydrogen) atoms. The third-order valence-corrected chi connectivity index (χ3v) is 4.95. The van der Waals surface area contributed by atoms with Gasteiger partial charge in [0.25, 0.3) is 0 Å². The zero-order valence-electron chi connectivity index (χ0n) is 12.0. The molecule has 3 nitrogen and oxygen atoms in total. The van der Waals surface area contributed by atoms with E-state index in [1.807, 2.05) is 20.8 Å². The molecule has 0 bridgehead atoms. The van der Waals surface area contributed by atoms with Crippen LogP contribution < -0.4 is 4.72 Å². The minimum Gasteiger partial charge on any atom is -0.598 e. The summed E-state index contributed by atoms with van der Waals surface area (Å²) in [5.41, 5.74) is 0.458. The smallest absolute Gasteiger partial charge is 0.147 e. The zero-order valence-corrected chi connectivity index (χ0v) is 14.4. The molecule has 0 amide bonds. The highest BCUT2D eigenvalue weighted by Gasteiger charge is 2.31. The summed E-state index contributed by atoms with van der Waals surface area (Å²) in [4.78, 5) is 3.79. The molecule has 0 aliphatic rings. The molecule has 0 aliphatic carbocycles. The first-order valence-corrected chi connectivity index (χ1v) is 8.29. The number of aromatic nitrogens is 1. The lowest BCUT2D eigenvalue weighted by molar-refractivity contribution is 0.496. The Bertz CT molecular complexity index is 445. The summed E-state index contributed by atoms with van der Waals surface area (Å²) in [5, 5.41) is 0. The van der Waals surface area contributed by atoms with Crippen LogP contribution in [0.2, 0.25) is 0 Å². The van der Waals surface area contributed by atoms with Crippen LogP contribution in [0.5, 0.6) is 0 Å². The summed E-state index contributed by atoms with van der Waals surface area (Å²) in [7, 11) is 0. The molecule has 0 aliphatic heterocycles. The van der Waals surface area contributed by atoms with Crippen LogP contribution in [-0.2, 0) is 11.4 Å². The number of hydrogen-bond acceptors (Lipinski definition) is 3. The standard InChI is InChI=1S/C14H20BrFN2OS/c1-5-6-7-12(18-20(19)14(2,3)4)13-10(15)8-17-9-11(13)16/h5,8-9,12,18H,1,6-7H2,2-4H3/t12-,20?/m1/s1. The second-order valence-electron chi connectivity index (χ2n) is 5.43. The molecule has 1 rings (SSSR count). The molecule has 0 radical (unpaired) electrons. The van der Waals surface area contributed by atoms with Crippen LogP contribution in [0.25, 0.3) is 0 Å². The molecule has 112 valence electrons. The quantitative estimate of drug-likeness (QED) is 0.613. The van der Waals surface area contributed by atoms with Crippen molar-refractivity contribution in [2.24, 2.45) is 0 Å². The van der Waals surface area contributed by atoms with Crippen LogP contribution >= 0.6 is 15.9 Å². The van der Waals surface area contributed by atoms with Gasteiger partial charge in [0, 0.05) is 27.6 Å². The predicted molar refractivity (Wildman–Crippen MR) is 85.1 cm³/mol. The van der Waals surface area contributed by atoms with E-state index in [-0.39, 0.29) is 6.04 Å². The molecule has 1 heterocycles. The van der Waals surface area contributed by atoms with E-state index in [9.17, 15) is 8.94 Å². The van der Waals surface area contributed by atoms with Crippen molar-refractivity contribution < 1.29 is 8.94 Å². The van der Waals surface area contributed by atoms with Gasteiger partial charge in [-0.25, -0.2) is 4.39 Å². The lowest BCUT2D eigenvalue weighted by Gasteiger charge is -2.28. The van der Waals surface area contributed by atoms with Crippen molar-refractivity contribution >= 4 is 27.3 Å². The monoisotopic (exact) mass is 362 g/mol. The number of allylic oxidation sites excluding steroid dienone is 1. The van der Waals surface area contributed by atoms with Crippen molar-refractivity contribution in [3.63, 3.8) is 0 Å². The summed E-state index contributed by atoms with van der Waals surface area (Å²) in [6.45, 7) is 9.30. The summed E-state index contributed by atoms with van der Waals surface area (Å²) < 4.78 is 29.4. The number of nitrogens with one attached hydrogen (secondary N) is 1. The van der Waals surface area contributed by atoms with Gasteiger partial charge in [-0.15, -0.1) is 11.3 Å². The lowest BCUT2D eigenvalue weighted by Crippen LogP contribution is -2.41. The first-order valence-electron chi connectivity index (χ1n) is 6.35. The maximum Gasteiger partial charge on any atom is 0.147 e. The Morgan fingerprint density at radius 3 is 2.70 bits per heavy atom. The highest BCUT2D eigenvalue weighted by molar-refractivity contribution is 9.10. The van der Waals surface area contributed by atoms with E-state index in [1.54, 1.807) is 12.3 Å². The van der Waals surface area contributed by atoms with Crippen molar-refractivity contribution in [2.45, 2.75) is 44.4 Å². The fourth-order valence-electron chi connectivity index (χ4n) is 1.61. The molecule has 1 aromatic rings. The Labute approximate surface area is 131 Å². The third-order valence-electron chi connectivity index (χ3n) is 2.70. The topological polar surface area (TPSA) is 48.0 Å². The number of rotatable bonds is 6. The van der Waals surface area contributed by atoms with Gasteiger partial charge in [-0.3, -0.25) is 4.98 Å². The van der Waals surface area contributed by atoms with Gasteiger partial charge in [-0.05, 0) is 49.5 Å². The average Bonchev–Trinajstić information content (AvgIpc) is 2.34. The summed E-state index contributed by atoms with van der Waals surface area (Å²) in [6, 6.07) is -0.356. The molecule has 1 aromatic heterocycles. The molecule has 1 unspecified atom stereocenters. The van der Waals surface area contributed by atoms with Gasteiger partial charge in [-0.1, -0.05) is 6.08 Å². The van der Waals surface area contributed by atoms with Crippen LogP contribution in [-0.4, -0.2) is 14.3 Å². The predicted octanol–water partition coefficient (Wildman–Crippen LogP) is 4.04. The van der Waals surface area contributed by atoms with E-state index in [0.29, 0.717) is 22.9 Å². The zero-order chi connectivity index (χ0) is 15.3. The highest BCUT2D eigenvalue weighted by Crippen LogP contribution is 2.30. The molecular formula is C14H20BrFN2OS.